The molecule has 88 valence electrons. The van der Waals surface area contributed by atoms with Crippen LogP contribution in [0.5, 0.6) is 0 Å². The normalized spacial score (nSPS) is 9.53. The van der Waals surface area contributed by atoms with Crippen LogP contribution < -0.4 is 10.6 Å². The molecule has 0 rings (SSSR count). The molecule has 0 radical (unpaired) electrons. The summed E-state index contributed by atoms with van der Waals surface area (Å²) >= 11 is 5.44. The van der Waals surface area contributed by atoms with Gasteiger partial charge in [-0.25, -0.2) is 4.79 Å². The Balaban J connectivity index is 3.38. The summed E-state index contributed by atoms with van der Waals surface area (Å²) in [6.07, 6.45) is 1.11. The molecule has 2 N–H and O–H groups in total. The first kappa shape index (κ1) is 14.0. The average Bonchev–Trinajstić information content (AvgIpc) is 2.20. The maximum absolute atomic E-state index is 11.1. The summed E-state index contributed by atoms with van der Waals surface area (Å²) < 4.78 is 0. The Morgan fingerprint density at radius 3 is 2.33 bits per heavy atom. The minimum atomic E-state index is -0.162. The van der Waals surface area contributed by atoms with E-state index in [-0.39, 0.29) is 11.9 Å². The summed E-state index contributed by atoms with van der Waals surface area (Å²) in [5.74, 6) is 0.458. The molecule has 3 amide bonds. The maximum atomic E-state index is 11.1. The van der Waals surface area contributed by atoms with Crippen molar-refractivity contribution in [1.82, 2.24) is 15.5 Å². The summed E-state index contributed by atoms with van der Waals surface area (Å²) in [6.45, 7) is 0.879. The zero-order valence-corrected chi connectivity index (χ0v) is 9.93. The van der Waals surface area contributed by atoms with Crippen molar-refractivity contribution in [3.8, 4) is 0 Å². The van der Waals surface area contributed by atoms with E-state index in [4.69, 9.17) is 11.6 Å². The standard InChI is InChI=1S/C9H18ClN3O2/c1-13(2)9(15)12-7-6-11-8(14)4-3-5-10/h3-7H2,1-2H3,(H,11,14)(H,12,15). The van der Waals surface area contributed by atoms with E-state index in [2.05, 4.69) is 10.6 Å². The molecule has 0 aromatic carbocycles. The number of nitrogens with one attached hydrogen (secondary N) is 2. The second-order valence-corrected chi connectivity index (χ2v) is 3.65. The lowest BCUT2D eigenvalue weighted by Crippen LogP contribution is -2.39. The highest BCUT2D eigenvalue weighted by Gasteiger charge is 2.02. The molecule has 0 saturated carbocycles. The molecule has 0 saturated heterocycles. The molecule has 0 aromatic heterocycles. The molecular weight excluding hydrogens is 218 g/mol. The first-order valence-electron chi connectivity index (χ1n) is 4.85. The quantitative estimate of drug-likeness (QED) is 0.517. The third-order valence-corrected chi connectivity index (χ3v) is 1.93. The van der Waals surface area contributed by atoms with Crippen molar-refractivity contribution in [3.63, 3.8) is 0 Å². The van der Waals surface area contributed by atoms with Gasteiger partial charge in [-0.3, -0.25) is 4.79 Å². The highest BCUT2D eigenvalue weighted by molar-refractivity contribution is 6.17. The number of halogens is 1. The van der Waals surface area contributed by atoms with Crippen LogP contribution in [0, 0.1) is 0 Å². The fraction of sp³-hybridized carbons (Fsp3) is 0.778. The number of carbonyl (C=O) groups excluding carboxylic acids is 2. The second kappa shape index (κ2) is 8.35. The van der Waals surface area contributed by atoms with Gasteiger partial charge in [0.1, 0.15) is 0 Å². The van der Waals surface area contributed by atoms with E-state index in [0.29, 0.717) is 31.8 Å². The minimum Gasteiger partial charge on any atom is -0.354 e. The fourth-order valence-corrected chi connectivity index (χ4v) is 0.979. The zero-order chi connectivity index (χ0) is 11.7. The fourth-order valence-electron chi connectivity index (χ4n) is 0.845. The van der Waals surface area contributed by atoms with Crippen LogP contribution in [0.15, 0.2) is 0 Å². The predicted molar refractivity (Wildman–Crippen MR) is 60.0 cm³/mol. The van der Waals surface area contributed by atoms with Crippen LogP contribution in [0.1, 0.15) is 12.8 Å². The summed E-state index contributed by atoms with van der Waals surface area (Å²) in [4.78, 5) is 23.6. The van der Waals surface area contributed by atoms with Crippen LogP contribution in [-0.4, -0.2) is 49.9 Å². The maximum Gasteiger partial charge on any atom is 0.316 e. The lowest BCUT2D eigenvalue weighted by atomic mass is 10.3. The highest BCUT2D eigenvalue weighted by Crippen LogP contribution is 1.90. The lowest BCUT2D eigenvalue weighted by Gasteiger charge is -2.12. The Hall–Kier alpha value is -0.970. The van der Waals surface area contributed by atoms with Crippen LogP contribution in [-0.2, 0) is 4.79 Å². The van der Waals surface area contributed by atoms with Gasteiger partial charge in [0.15, 0.2) is 0 Å². The highest BCUT2D eigenvalue weighted by atomic mass is 35.5. The predicted octanol–water partition coefficient (Wildman–Crippen LogP) is 0.393. The molecule has 0 aliphatic heterocycles. The van der Waals surface area contributed by atoms with Gasteiger partial charge in [-0.1, -0.05) is 0 Å². The van der Waals surface area contributed by atoms with E-state index in [0.717, 1.165) is 0 Å². The second-order valence-electron chi connectivity index (χ2n) is 3.27. The van der Waals surface area contributed by atoms with Crippen LogP contribution in [0.4, 0.5) is 4.79 Å². The third-order valence-electron chi connectivity index (χ3n) is 1.67. The van der Waals surface area contributed by atoms with E-state index in [9.17, 15) is 9.59 Å². The van der Waals surface area contributed by atoms with Gasteiger partial charge in [0, 0.05) is 39.5 Å². The molecule has 0 aliphatic carbocycles. The van der Waals surface area contributed by atoms with Crippen molar-refractivity contribution >= 4 is 23.5 Å². The van der Waals surface area contributed by atoms with Gasteiger partial charge in [0.05, 0.1) is 0 Å². The van der Waals surface area contributed by atoms with Crippen molar-refractivity contribution in [2.75, 3.05) is 33.1 Å². The first-order valence-corrected chi connectivity index (χ1v) is 5.39. The van der Waals surface area contributed by atoms with Crippen LogP contribution in [0.25, 0.3) is 0 Å². The monoisotopic (exact) mass is 235 g/mol. The Morgan fingerprint density at radius 2 is 1.80 bits per heavy atom. The topological polar surface area (TPSA) is 61.4 Å². The van der Waals surface area contributed by atoms with Crippen molar-refractivity contribution in [1.29, 1.82) is 0 Å². The Morgan fingerprint density at radius 1 is 1.20 bits per heavy atom. The molecule has 0 bridgehead atoms. The SMILES string of the molecule is CN(C)C(=O)NCCNC(=O)CCCCl. The van der Waals surface area contributed by atoms with Gasteiger partial charge in [-0.2, -0.15) is 0 Å². The Kier molecular flexibility index (Phi) is 7.81. The summed E-state index contributed by atoms with van der Waals surface area (Å²) in [6, 6.07) is -0.162. The zero-order valence-electron chi connectivity index (χ0n) is 9.18. The third kappa shape index (κ3) is 8.05. The first-order chi connectivity index (χ1) is 7.07. The molecule has 5 nitrogen and oxygen atoms in total. The van der Waals surface area contributed by atoms with E-state index >= 15 is 0 Å². The molecule has 0 spiro atoms. The number of rotatable bonds is 6. The van der Waals surface area contributed by atoms with E-state index in [1.54, 1.807) is 14.1 Å². The van der Waals surface area contributed by atoms with Gasteiger partial charge in [0.25, 0.3) is 0 Å². The molecule has 0 aromatic rings. The number of hydrogen-bond acceptors (Lipinski definition) is 2. The van der Waals surface area contributed by atoms with Gasteiger partial charge >= 0.3 is 6.03 Å². The molecule has 6 heteroatoms. The molecule has 0 atom stereocenters. The number of amides is 3. The molecule has 15 heavy (non-hydrogen) atoms. The number of nitrogens with zero attached hydrogens (tertiary/aromatic N) is 1. The molecule has 0 fully saturated rings. The molecule has 0 unspecified atom stereocenters. The number of hydrogen-bond donors (Lipinski definition) is 2. The average molecular weight is 236 g/mol. The van der Waals surface area contributed by atoms with E-state index in [1.165, 1.54) is 4.90 Å². The van der Waals surface area contributed by atoms with Gasteiger partial charge < -0.3 is 15.5 Å². The number of carbonyl (C=O) groups is 2. The van der Waals surface area contributed by atoms with Crippen molar-refractivity contribution in [2.24, 2.45) is 0 Å². The Bertz CT molecular complexity index is 210. The number of urea groups is 1. The molecule has 0 heterocycles. The van der Waals surface area contributed by atoms with Gasteiger partial charge in [-0.05, 0) is 6.42 Å². The molecule has 0 aliphatic rings. The number of alkyl halides is 1. The van der Waals surface area contributed by atoms with Crippen molar-refractivity contribution in [2.45, 2.75) is 12.8 Å². The van der Waals surface area contributed by atoms with E-state index in [1.807, 2.05) is 0 Å². The summed E-state index contributed by atoms with van der Waals surface area (Å²) in [5, 5.41) is 5.32. The van der Waals surface area contributed by atoms with Crippen LogP contribution >= 0.6 is 11.6 Å². The summed E-state index contributed by atoms with van der Waals surface area (Å²) in [5.41, 5.74) is 0. The van der Waals surface area contributed by atoms with Crippen molar-refractivity contribution in [3.05, 3.63) is 0 Å². The lowest BCUT2D eigenvalue weighted by molar-refractivity contribution is -0.121. The largest absolute Gasteiger partial charge is 0.354 e. The van der Waals surface area contributed by atoms with Crippen molar-refractivity contribution < 1.29 is 9.59 Å². The summed E-state index contributed by atoms with van der Waals surface area (Å²) in [7, 11) is 3.32. The smallest absolute Gasteiger partial charge is 0.316 e. The Labute approximate surface area is 95.1 Å². The van der Waals surface area contributed by atoms with Gasteiger partial charge in [-0.15, -0.1) is 11.6 Å². The van der Waals surface area contributed by atoms with E-state index < -0.39 is 0 Å². The molecular formula is C9H18ClN3O2. The van der Waals surface area contributed by atoms with Crippen LogP contribution in [0.2, 0.25) is 0 Å². The van der Waals surface area contributed by atoms with Gasteiger partial charge in [0.2, 0.25) is 5.91 Å². The van der Waals surface area contributed by atoms with Crippen LogP contribution in [0.3, 0.4) is 0 Å². The minimum absolute atomic E-state index is 0.0326.